The van der Waals surface area contributed by atoms with Gasteiger partial charge in [0.05, 0.1) is 18.6 Å². The zero-order valence-electron chi connectivity index (χ0n) is 15.5. The number of nitrogens with zero attached hydrogens (tertiary/aromatic N) is 6. The van der Waals surface area contributed by atoms with E-state index in [0.29, 0.717) is 11.1 Å². The minimum Gasteiger partial charge on any atom is -0.459 e. The summed E-state index contributed by atoms with van der Waals surface area (Å²) in [6, 6.07) is 0. The van der Waals surface area contributed by atoms with E-state index >= 15 is 0 Å². The average molecular weight is 387 g/mol. The van der Waals surface area contributed by atoms with E-state index in [2.05, 4.69) is 20.2 Å². The molecule has 0 aliphatic rings. The molecule has 3 aromatic heterocycles. The molecular weight excluding hydrogens is 369 g/mol. The Labute approximate surface area is 159 Å². The highest BCUT2D eigenvalue weighted by Crippen LogP contribution is 2.23. The third kappa shape index (κ3) is 4.37. The molecule has 0 fully saturated rings. The third-order valence-electron chi connectivity index (χ3n) is 3.41. The quantitative estimate of drug-likeness (QED) is 0.649. The third-order valence-corrected chi connectivity index (χ3v) is 3.41. The summed E-state index contributed by atoms with van der Waals surface area (Å²) in [7, 11) is 0. The van der Waals surface area contributed by atoms with Gasteiger partial charge in [-0.2, -0.15) is 10.2 Å². The summed E-state index contributed by atoms with van der Waals surface area (Å²) in [6.07, 6.45) is 6.51. The normalized spacial score (nSPS) is 11.4. The van der Waals surface area contributed by atoms with Crippen molar-refractivity contribution >= 4 is 11.9 Å². The van der Waals surface area contributed by atoms with Crippen molar-refractivity contribution in [2.24, 2.45) is 5.73 Å². The fourth-order valence-corrected chi connectivity index (χ4v) is 2.40. The summed E-state index contributed by atoms with van der Waals surface area (Å²) in [4.78, 5) is 31.4. The Morgan fingerprint density at radius 2 is 1.86 bits per heavy atom. The maximum absolute atomic E-state index is 13.0. The number of carbonyl (C=O) groups excluding carboxylic acids is 2. The summed E-state index contributed by atoms with van der Waals surface area (Å²) in [5, 5.41) is 8.17. The molecule has 1 amide bonds. The molecule has 0 aliphatic heterocycles. The Morgan fingerprint density at radius 3 is 2.46 bits per heavy atom. The molecule has 28 heavy (non-hydrogen) atoms. The summed E-state index contributed by atoms with van der Waals surface area (Å²) in [5.74, 6) is -1.69. The second kappa shape index (κ2) is 7.18. The Balaban J connectivity index is 1.89. The summed E-state index contributed by atoms with van der Waals surface area (Å²) >= 11 is 0. The van der Waals surface area contributed by atoms with E-state index in [4.69, 9.17) is 10.5 Å². The van der Waals surface area contributed by atoms with Crippen LogP contribution in [0.5, 0.6) is 0 Å². The van der Waals surface area contributed by atoms with Crippen LogP contribution in [0.25, 0.3) is 17.1 Å². The van der Waals surface area contributed by atoms with Crippen LogP contribution in [0.3, 0.4) is 0 Å². The van der Waals surface area contributed by atoms with Crippen molar-refractivity contribution in [2.45, 2.75) is 32.9 Å². The predicted octanol–water partition coefficient (Wildman–Crippen LogP) is 1.11. The van der Waals surface area contributed by atoms with E-state index in [1.54, 1.807) is 20.8 Å². The number of halogens is 1. The minimum absolute atomic E-state index is 0.0249. The van der Waals surface area contributed by atoms with E-state index in [1.807, 2.05) is 0 Å². The van der Waals surface area contributed by atoms with Crippen molar-refractivity contribution in [1.29, 1.82) is 0 Å². The van der Waals surface area contributed by atoms with Crippen LogP contribution < -0.4 is 5.73 Å². The molecule has 0 radical (unpaired) electrons. The van der Waals surface area contributed by atoms with Gasteiger partial charge in [-0.25, -0.2) is 19.0 Å². The number of ether oxygens (including phenoxy) is 1. The molecule has 146 valence electrons. The summed E-state index contributed by atoms with van der Waals surface area (Å²) in [6.45, 7) is 5.06. The van der Waals surface area contributed by atoms with Crippen molar-refractivity contribution in [3.8, 4) is 17.1 Å². The number of amides is 1. The Kier molecular flexibility index (Phi) is 4.91. The van der Waals surface area contributed by atoms with Gasteiger partial charge in [0.15, 0.2) is 11.5 Å². The van der Waals surface area contributed by atoms with E-state index in [0.717, 1.165) is 12.4 Å². The van der Waals surface area contributed by atoms with Gasteiger partial charge >= 0.3 is 5.97 Å². The van der Waals surface area contributed by atoms with Crippen molar-refractivity contribution < 1.29 is 18.7 Å². The fraction of sp³-hybridized carbons (Fsp3) is 0.294. The number of primary amides is 1. The standard InChI is InChI=1S/C17H18FN7O3/c1-17(2,3)28-13(26)9-24-8-12(14(23-24)15(19)27)10-4-22-25(7-10)16-20-5-11(18)6-21-16/h4-8H,9H2,1-3H3,(H2,19,27). The molecule has 10 nitrogen and oxygen atoms in total. The lowest BCUT2D eigenvalue weighted by atomic mass is 10.1. The van der Waals surface area contributed by atoms with Crippen molar-refractivity contribution in [3.63, 3.8) is 0 Å². The first-order valence-corrected chi connectivity index (χ1v) is 8.24. The lowest BCUT2D eigenvalue weighted by molar-refractivity contribution is -0.155. The van der Waals surface area contributed by atoms with Gasteiger partial charge in [0.1, 0.15) is 12.1 Å². The zero-order valence-corrected chi connectivity index (χ0v) is 15.5. The number of hydrogen-bond donors (Lipinski definition) is 1. The minimum atomic E-state index is -0.760. The van der Waals surface area contributed by atoms with E-state index < -0.39 is 23.3 Å². The van der Waals surface area contributed by atoms with Gasteiger partial charge in [0, 0.05) is 23.5 Å². The Morgan fingerprint density at radius 1 is 1.18 bits per heavy atom. The topological polar surface area (TPSA) is 131 Å². The van der Waals surface area contributed by atoms with Crippen molar-refractivity contribution in [1.82, 2.24) is 29.5 Å². The van der Waals surface area contributed by atoms with Gasteiger partial charge < -0.3 is 10.5 Å². The molecular formula is C17H18FN7O3. The smallest absolute Gasteiger partial charge is 0.328 e. The lowest BCUT2D eigenvalue weighted by Gasteiger charge is -2.19. The van der Waals surface area contributed by atoms with Crippen LogP contribution in [0.4, 0.5) is 4.39 Å². The Bertz CT molecular complexity index is 1020. The first-order chi connectivity index (χ1) is 13.1. The number of rotatable bonds is 5. The molecule has 3 rings (SSSR count). The van der Waals surface area contributed by atoms with Crippen LogP contribution in [0, 0.1) is 5.82 Å². The van der Waals surface area contributed by atoms with Crippen LogP contribution >= 0.6 is 0 Å². The molecule has 0 aliphatic carbocycles. The molecule has 0 saturated carbocycles. The lowest BCUT2D eigenvalue weighted by Crippen LogP contribution is -2.26. The Hall–Kier alpha value is -3.63. The van der Waals surface area contributed by atoms with Crippen molar-refractivity contribution in [3.05, 3.63) is 42.5 Å². The molecule has 0 bridgehead atoms. The summed E-state index contributed by atoms with van der Waals surface area (Å²) in [5.41, 5.74) is 5.62. The molecule has 2 N–H and O–H groups in total. The van der Waals surface area contributed by atoms with Crippen LogP contribution in [0.15, 0.2) is 31.0 Å². The second-order valence-electron chi connectivity index (χ2n) is 6.91. The van der Waals surface area contributed by atoms with Gasteiger partial charge in [-0.1, -0.05) is 0 Å². The van der Waals surface area contributed by atoms with E-state index in [1.165, 1.54) is 28.0 Å². The maximum atomic E-state index is 13.0. The molecule has 0 saturated heterocycles. The van der Waals surface area contributed by atoms with Crippen molar-refractivity contribution in [2.75, 3.05) is 0 Å². The highest BCUT2D eigenvalue weighted by molar-refractivity contribution is 5.97. The van der Waals surface area contributed by atoms with Crippen LogP contribution in [0.2, 0.25) is 0 Å². The summed E-state index contributed by atoms with van der Waals surface area (Å²) < 4.78 is 20.8. The average Bonchev–Trinajstić information content (AvgIpc) is 3.20. The first-order valence-electron chi connectivity index (χ1n) is 8.24. The maximum Gasteiger partial charge on any atom is 0.328 e. The van der Waals surface area contributed by atoms with Gasteiger partial charge in [-0.15, -0.1) is 0 Å². The van der Waals surface area contributed by atoms with E-state index in [9.17, 15) is 14.0 Å². The SMILES string of the molecule is CC(C)(C)OC(=O)Cn1cc(-c2cnn(-c3ncc(F)cn3)c2)c(C(N)=O)n1. The molecule has 11 heteroatoms. The first kappa shape index (κ1) is 19.1. The highest BCUT2D eigenvalue weighted by Gasteiger charge is 2.21. The highest BCUT2D eigenvalue weighted by atomic mass is 19.1. The molecule has 0 atom stereocenters. The predicted molar refractivity (Wildman–Crippen MR) is 94.7 cm³/mol. The van der Waals surface area contributed by atoms with Gasteiger partial charge in [-0.05, 0) is 20.8 Å². The fourth-order valence-electron chi connectivity index (χ4n) is 2.40. The number of hydrogen-bond acceptors (Lipinski definition) is 7. The molecule has 0 aromatic carbocycles. The number of nitrogens with two attached hydrogens (primary N) is 1. The van der Waals surface area contributed by atoms with E-state index in [-0.39, 0.29) is 18.2 Å². The second-order valence-corrected chi connectivity index (χ2v) is 6.91. The number of aromatic nitrogens is 6. The molecule has 3 aromatic rings. The number of carbonyl (C=O) groups is 2. The molecule has 0 unspecified atom stereocenters. The van der Waals surface area contributed by atoms with Crippen LogP contribution in [0.1, 0.15) is 31.3 Å². The van der Waals surface area contributed by atoms with Crippen LogP contribution in [-0.2, 0) is 16.1 Å². The monoisotopic (exact) mass is 387 g/mol. The molecule has 3 heterocycles. The van der Waals surface area contributed by atoms with Gasteiger partial charge in [-0.3, -0.25) is 14.3 Å². The van der Waals surface area contributed by atoms with Gasteiger partial charge in [0.25, 0.3) is 11.9 Å². The number of esters is 1. The van der Waals surface area contributed by atoms with Gasteiger partial charge in [0.2, 0.25) is 0 Å². The van der Waals surface area contributed by atoms with Crippen LogP contribution in [-0.4, -0.2) is 47.0 Å². The zero-order chi connectivity index (χ0) is 20.5. The largest absolute Gasteiger partial charge is 0.459 e. The molecule has 0 spiro atoms.